The Morgan fingerprint density at radius 1 is 1.12 bits per heavy atom. The number of ether oxygens (including phenoxy) is 1. The summed E-state index contributed by atoms with van der Waals surface area (Å²) in [6, 6.07) is 12.8. The molecule has 186 valence electrons. The van der Waals surface area contributed by atoms with Crippen molar-refractivity contribution >= 4 is 39.1 Å². The van der Waals surface area contributed by atoms with Crippen molar-refractivity contribution in [2.45, 2.75) is 45.8 Å². The Kier molecular flexibility index (Phi) is 8.96. The van der Waals surface area contributed by atoms with Gasteiger partial charge in [0.1, 0.15) is 18.3 Å². The number of nitrogens with one attached hydrogen (secondary N) is 1. The van der Waals surface area contributed by atoms with Crippen LogP contribution in [0, 0.1) is 0 Å². The zero-order chi connectivity index (χ0) is 25.7. The zero-order valence-corrected chi connectivity index (χ0v) is 21.9. The third-order valence-corrected chi connectivity index (χ3v) is 6.31. The zero-order valence-electron chi connectivity index (χ0n) is 20.3. The fraction of sp³-hybridized carbons (Fsp3) is 0.417. The lowest BCUT2D eigenvalue weighted by Crippen LogP contribution is -2.54. The number of halogens is 1. The number of nitrogens with zero attached hydrogens (tertiary/aromatic N) is 2. The summed E-state index contributed by atoms with van der Waals surface area (Å²) in [6.07, 6.45) is 0.998. The first kappa shape index (κ1) is 27.5. The van der Waals surface area contributed by atoms with Gasteiger partial charge in [0.2, 0.25) is 21.8 Å². The standard InChI is InChI=1S/C24H32ClN3O5S/c1-17(23(30)26-24(2,3)4)27(15-18-10-8-7-9-11-18)22(29)16-28(34(6,31)32)20-14-19(25)12-13-21(20)33-5/h7-14,17H,15-16H2,1-6H3,(H,26,30)/t17-/m0/s1. The van der Waals surface area contributed by atoms with Gasteiger partial charge in [0, 0.05) is 17.1 Å². The Morgan fingerprint density at radius 3 is 2.26 bits per heavy atom. The van der Waals surface area contributed by atoms with Crippen LogP contribution in [0.4, 0.5) is 5.69 Å². The van der Waals surface area contributed by atoms with Crippen molar-refractivity contribution in [2.24, 2.45) is 0 Å². The number of rotatable bonds is 9. The minimum absolute atomic E-state index is 0.128. The van der Waals surface area contributed by atoms with Crippen molar-refractivity contribution in [1.29, 1.82) is 0 Å². The monoisotopic (exact) mass is 509 g/mol. The number of carbonyl (C=O) groups is 2. The summed E-state index contributed by atoms with van der Waals surface area (Å²) in [6.45, 7) is 6.75. The van der Waals surface area contributed by atoms with E-state index in [4.69, 9.17) is 16.3 Å². The average Bonchev–Trinajstić information content (AvgIpc) is 2.74. The predicted molar refractivity (Wildman–Crippen MR) is 135 cm³/mol. The summed E-state index contributed by atoms with van der Waals surface area (Å²) in [7, 11) is -2.50. The molecule has 0 saturated carbocycles. The Bertz CT molecular complexity index is 1120. The minimum atomic E-state index is -3.90. The Balaban J connectivity index is 2.45. The van der Waals surface area contributed by atoms with Gasteiger partial charge in [0.25, 0.3) is 0 Å². The molecule has 0 spiro atoms. The molecule has 1 N–H and O–H groups in total. The predicted octanol–water partition coefficient (Wildman–Crippen LogP) is 3.45. The second-order valence-corrected chi connectivity index (χ2v) is 11.4. The van der Waals surface area contributed by atoms with E-state index in [1.54, 1.807) is 13.0 Å². The highest BCUT2D eigenvalue weighted by Crippen LogP contribution is 2.33. The highest BCUT2D eigenvalue weighted by Gasteiger charge is 2.32. The fourth-order valence-corrected chi connectivity index (χ4v) is 4.30. The van der Waals surface area contributed by atoms with Gasteiger partial charge < -0.3 is 15.0 Å². The second-order valence-electron chi connectivity index (χ2n) is 9.01. The first-order valence-electron chi connectivity index (χ1n) is 10.7. The van der Waals surface area contributed by atoms with Gasteiger partial charge in [-0.3, -0.25) is 13.9 Å². The van der Waals surface area contributed by atoms with Crippen molar-refractivity contribution in [3.8, 4) is 5.75 Å². The van der Waals surface area contributed by atoms with Crippen molar-refractivity contribution in [1.82, 2.24) is 10.2 Å². The van der Waals surface area contributed by atoms with E-state index in [9.17, 15) is 18.0 Å². The highest BCUT2D eigenvalue weighted by atomic mass is 35.5. The Hall–Kier alpha value is -2.78. The van der Waals surface area contributed by atoms with E-state index in [1.807, 2.05) is 51.1 Å². The topological polar surface area (TPSA) is 96.0 Å². The number of carbonyl (C=O) groups excluding carboxylic acids is 2. The van der Waals surface area contributed by atoms with Crippen LogP contribution >= 0.6 is 11.6 Å². The number of hydrogen-bond acceptors (Lipinski definition) is 5. The maximum atomic E-state index is 13.5. The van der Waals surface area contributed by atoms with E-state index in [-0.39, 0.29) is 28.9 Å². The van der Waals surface area contributed by atoms with Crippen molar-refractivity contribution in [3.05, 3.63) is 59.1 Å². The molecule has 0 radical (unpaired) electrons. The molecule has 0 unspecified atom stereocenters. The van der Waals surface area contributed by atoms with Crippen LogP contribution in [0.1, 0.15) is 33.3 Å². The smallest absolute Gasteiger partial charge is 0.244 e. The molecule has 34 heavy (non-hydrogen) atoms. The molecule has 1 atom stereocenters. The van der Waals surface area contributed by atoms with Crippen molar-refractivity contribution in [2.75, 3.05) is 24.2 Å². The molecule has 2 aromatic carbocycles. The normalized spacial score (nSPS) is 12.6. The van der Waals surface area contributed by atoms with E-state index >= 15 is 0 Å². The molecule has 2 rings (SSSR count). The van der Waals surface area contributed by atoms with Crippen molar-refractivity contribution in [3.63, 3.8) is 0 Å². The van der Waals surface area contributed by atoms with Gasteiger partial charge in [-0.05, 0) is 51.5 Å². The molecule has 8 nitrogen and oxygen atoms in total. The largest absolute Gasteiger partial charge is 0.495 e. The molecule has 0 aromatic heterocycles. The van der Waals surface area contributed by atoms with E-state index in [1.165, 1.54) is 24.1 Å². The molecule has 0 heterocycles. The lowest BCUT2D eigenvalue weighted by molar-refractivity contribution is -0.140. The molecule has 10 heteroatoms. The van der Waals surface area contributed by atoms with Gasteiger partial charge >= 0.3 is 0 Å². The number of sulfonamides is 1. The summed E-state index contributed by atoms with van der Waals surface area (Å²) >= 11 is 6.10. The summed E-state index contributed by atoms with van der Waals surface area (Å²) in [5.74, 6) is -0.647. The lowest BCUT2D eigenvalue weighted by Gasteiger charge is -2.33. The molecule has 2 amide bonds. The number of benzene rings is 2. The molecule has 0 fully saturated rings. The minimum Gasteiger partial charge on any atom is -0.495 e. The number of anilines is 1. The molecular weight excluding hydrogens is 478 g/mol. The number of hydrogen-bond donors (Lipinski definition) is 1. The van der Waals surface area contributed by atoms with Crippen molar-refractivity contribution < 1.29 is 22.7 Å². The van der Waals surface area contributed by atoms with E-state index in [0.29, 0.717) is 0 Å². The van der Waals surface area contributed by atoms with E-state index in [2.05, 4.69) is 5.32 Å². The van der Waals surface area contributed by atoms with Crippen LogP contribution in [0.2, 0.25) is 5.02 Å². The molecule has 0 aliphatic heterocycles. The maximum absolute atomic E-state index is 13.5. The van der Waals surface area contributed by atoms with Crippen LogP contribution in [0.15, 0.2) is 48.5 Å². The van der Waals surface area contributed by atoms with Gasteiger partial charge in [-0.2, -0.15) is 0 Å². The molecular formula is C24H32ClN3O5S. The fourth-order valence-electron chi connectivity index (χ4n) is 3.29. The second kappa shape index (κ2) is 11.1. The molecule has 0 bridgehead atoms. The quantitative estimate of drug-likeness (QED) is 0.558. The number of amides is 2. The van der Waals surface area contributed by atoms with E-state index < -0.39 is 34.1 Å². The Labute approximate surface area is 206 Å². The van der Waals surface area contributed by atoms with Gasteiger partial charge in [-0.15, -0.1) is 0 Å². The van der Waals surface area contributed by atoms with Crippen LogP contribution in [-0.2, 0) is 26.2 Å². The van der Waals surface area contributed by atoms with E-state index in [0.717, 1.165) is 16.1 Å². The first-order chi connectivity index (χ1) is 15.7. The molecule has 0 aliphatic carbocycles. The van der Waals surface area contributed by atoms with Gasteiger partial charge in [0.15, 0.2) is 0 Å². The van der Waals surface area contributed by atoms with Gasteiger partial charge in [-0.1, -0.05) is 41.9 Å². The highest BCUT2D eigenvalue weighted by molar-refractivity contribution is 7.92. The number of methoxy groups -OCH3 is 1. The SMILES string of the molecule is COc1ccc(Cl)cc1N(CC(=O)N(Cc1ccccc1)[C@@H](C)C(=O)NC(C)(C)C)S(C)(=O)=O. The third kappa shape index (κ3) is 7.63. The summed E-state index contributed by atoms with van der Waals surface area (Å²) in [5.41, 5.74) is 0.439. The maximum Gasteiger partial charge on any atom is 0.244 e. The van der Waals surface area contributed by atoms with Crippen LogP contribution in [0.3, 0.4) is 0 Å². The van der Waals surface area contributed by atoms with Crippen LogP contribution in [0.25, 0.3) is 0 Å². The van der Waals surface area contributed by atoms with Gasteiger partial charge in [-0.25, -0.2) is 8.42 Å². The molecule has 0 saturated heterocycles. The van der Waals surface area contributed by atoms with Crippen LogP contribution in [0.5, 0.6) is 5.75 Å². The summed E-state index contributed by atoms with van der Waals surface area (Å²) in [4.78, 5) is 27.8. The molecule has 2 aromatic rings. The third-order valence-electron chi connectivity index (χ3n) is 4.95. The average molecular weight is 510 g/mol. The molecule has 0 aliphatic rings. The van der Waals surface area contributed by atoms with Gasteiger partial charge in [0.05, 0.1) is 19.1 Å². The lowest BCUT2D eigenvalue weighted by atomic mass is 10.1. The summed E-state index contributed by atoms with van der Waals surface area (Å²) < 4.78 is 31.6. The van der Waals surface area contributed by atoms with Crippen LogP contribution in [-0.4, -0.2) is 56.6 Å². The summed E-state index contributed by atoms with van der Waals surface area (Å²) in [5, 5.41) is 3.17. The van der Waals surface area contributed by atoms with Crippen LogP contribution < -0.4 is 14.4 Å². The first-order valence-corrected chi connectivity index (χ1v) is 12.9. The Morgan fingerprint density at radius 2 is 1.74 bits per heavy atom.